The van der Waals surface area contributed by atoms with Gasteiger partial charge in [0.15, 0.2) is 0 Å². The highest BCUT2D eigenvalue weighted by Gasteiger charge is 2.29. The molecule has 0 aliphatic carbocycles. The molecule has 1 atom stereocenters. The van der Waals surface area contributed by atoms with Crippen LogP contribution in [-0.2, 0) is 14.8 Å². The van der Waals surface area contributed by atoms with Crippen molar-refractivity contribution in [2.24, 2.45) is 0 Å². The molecule has 1 aromatic heterocycles. The summed E-state index contributed by atoms with van der Waals surface area (Å²) >= 11 is 11.7. The highest BCUT2D eigenvalue weighted by atomic mass is 35.5. The monoisotopic (exact) mass is 531 g/mol. The second-order valence-corrected chi connectivity index (χ2v) is 10.8. The highest BCUT2D eigenvalue weighted by Crippen LogP contribution is 2.26. The normalized spacial score (nSPS) is 16.7. The van der Waals surface area contributed by atoms with Crippen LogP contribution in [0.5, 0.6) is 0 Å². The minimum Gasteiger partial charge on any atom is -0.396 e. The Bertz CT molecular complexity index is 1220. The average Bonchev–Trinajstić information content (AvgIpc) is 3.02. The number of sulfonamides is 1. The molecular formula is C21H27Cl2N5O5S. The third-order valence-electron chi connectivity index (χ3n) is 5.65. The number of nitrogens with one attached hydrogen (secondary N) is 1. The van der Waals surface area contributed by atoms with Gasteiger partial charge in [-0.3, -0.25) is 9.59 Å². The number of halogens is 2. The van der Waals surface area contributed by atoms with Gasteiger partial charge in [-0.15, -0.1) is 0 Å². The van der Waals surface area contributed by atoms with E-state index in [2.05, 4.69) is 15.3 Å². The van der Waals surface area contributed by atoms with E-state index in [0.717, 1.165) is 23.8 Å². The molecular weight excluding hydrogens is 505 g/mol. The predicted octanol–water partition coefficient (Wildman–Crippen LogP) is 1.75. The van der Waals surface area contributed by atoms with E-state index in [4.69, 9.17) is 23.2 Å². The number of aliphatic hydroxyl groups is 1. The minimum atomic E-state index is -3.78. The van der Waals surface area contributed by atoms with Crippen LogP contribution in [0.3, 0.4) is 0 Å². The van der Waals surface area contributed by atoms with Crippen molar-refractivity contribution < 1.29 is 18.3 Å². The van der Waals surface area contributed by atoms with Crippen LogP contribution >= 0.6 is 23.2 Å². The largest absolute Gasteiger partial charge is 0.396 e. The predicted molar refractivity (Wildman–Crippen MR) is 130 cm³/mol. The summed E-state index contributed by atoms with van der Waals surface area (Å²) in [5.74, 6) is -0.661. The molecule has 1 amide bonds. The number of carbonyl (C=O) groups is 1. The molecule has 0 saturated carbocycles. The van der Waals surface area contributed by atoms with Crippen molar-refractivity contribution in [3.05, 3.63) is 50.4 Å². The van der Waals surface area contributed by atoms with Crippen LogP contribution in [-0.4, -0.2) is 78.3 Å². The molecule has 34 heavy (non-hydrogen) atoms. The highest BCUT2D eigenvalue weighted by molar-refractivity contribution is 7.89. The number of rotatable bonds is 7. The number of carbonyl (C=O) groups excluding carboxylic acids is 1. The van der Waals surface area contributed by atoms with E-state index in [-0.39, 0.29) is 27.0 Å². The van der Waals surface area contributed by atoms with Gasteiger partial charge < -0.3 is 15.3 Å². The van der Waals surface area contributed by atoms with Crippen molar-refractivity contribution in [2.75, 3.05) is 45.2 Å². The van der Waals surface area contributed by atoms with Crippen LogP contribution in [0, 0.1) is 6.92 Å². The first kappa shape index (κ1) is 26.6. The number of amides is 1. The summed E-state index contributed by atoms with van der Waals surface area (Å²) in [6.07, 6.45) is 1.74. The molecule has 0 unspecified atom stereocenters. The Labute approximate surface area is 208 Å². The Kier molecular flexibility index (Phi) is 8.72. The summed E-state index contributed by atoms with van der Waals surface area (Å²) in [6, 6.07) is 3.40. The molecule has 2 heterocycles. The lowest BCUT2D eigenvalue weighted by Crippen LogP contribution is -2.36. The number of aromatic nitrogens is 2. The van der Waals surface area contributed by atoms with Gasteiger partial charge in [0.1, 0.15) is 11.1 Å². The molecule has 2 aromatic rings. The summed E-state index contributed by atoms with van der Waals surface area (Å²) in [4.78, 5) is 27.6. The first-order valence-electron chi connectivity index (χ1n) is 10.7. The number of hydrogen-bond acceptors (Lipinski definition) is 7. The maximum absolute atomic E-state index is 13.4. The molecule has 0 spiro atoms. The fourth-order valence-corrected chi connectivity index (χ4v) is 5.70. The van der Waals surface area contributed by atoms with Gasteiger partial charge in [-0.05, 0) is 44.6 Å². The Morgan fingerprint density at radius 1 is 1.24 bits per heavy atom. The minimum absolute atomic E-state index is 0.0563. The van der Waals surface area contributed by atoms with Crippen molar-refractivity contribution in [1.82, 2.24) is 19.0 Å². The molecule has 13 heteroatoms. The summed E-state index contributed by atoms with van der Waals surface area (Å²) in [7, 11) is -1.83. The molecule has 3 rings (SSSR count). The topological polar surface area (TPSA) is 125 Å². The number of benzene rings is 1. The van der Waals surface area contributed by atoms with Crippen molar-refractivity contribution in [2.45, 2.75) is 30.7 Å². The smallest absolute Gasteiger partial charge is 0.287 e. The van der Waals surface area contributed by atoms with Gasteiger partial charge in [-0.25, -0.2) is 13.1 Å². The number of aliphatic hydroxyl groups excluding tert-OH is 1. The van der Waals surface area contributed by atoms with E-state index in [1.807, 2.05) is 7.05 Å². The van der Waals surface area contributed by atoms with Crippen LogP contribution in [0.25, 0.3) is 0 Å². The quantitative estimate of drug-likeness (QED) is 0.557. The van der Waals surface area contributed by atoms with Crippen molar-refractivity contribution >= 4 is 44.8 Å². The zero-order valence-electron chi connectivity index (χ0n) is 18.9. The van der Waals surface area contributed by atoms with E-state index < -0.39 is 34.1 Å². The Hall–Kier alpha value is -2.02. The fourth-order valence-electron chi connectivity index (χ4n) is 3.72. The Morgan fingerprint density at radius 3 is 2.68 bits per heavy atom. The number of hydrogen-bond donors (Lipinski definition) is 2. The molecule has 186 valence electrons. The lowest BCUT2D eigenvalue weighted by molar-refractivity contribution is -0.120. The van der Waals surface area contributed by atoms with Crippen LogP contribution < -0.4 is 10.9 Å². The second kappa shape index (κ2) is 11.1. The van der Waals surface area contributed by atoms with E-state index in [0.29, 0.717) is 25.2 Å². The van der Waals surface area contributed by atoms with Crippen molar-refractivity contribution in [3.63, 3.8) is 0 Å². The van der Waals surface area contributed by atoms with Crippen molar-refractivity contribution in [3.8, 4) is 0 Å². The lowest BCUT2D eigenvalue weighted by Gasteiger charge is -2.22. The summed E-state index contributed by atoms with van der Waals surface area (Å²) in [6.45, 7) is 3.52. The molecule has 2 N–H and O–H groups in total. The molecule has 1 aromatic carbocycles. The van der Waals surface area contributed by atoms with Crippen LogP contribution in [0.1, 0.15) is 24.4 Å². The number of anilines is 1. The van der Waals surface area contributed by atoms with Gasteiger partial charge in [0.05, 0.1) is 16.1 Å². The summed E-state index contributed by atoms with van der Waals surface area (Å²) in [5.41, 5.74) is 0.00288. The average molecular weight is 532 g/mol. The van der Waals surface area contributed by atoms with E-state index in [1.54, 1.807) is 19.1 Å². The maximum Gasteiger partial charge on any atom is 0.287 e. The molecule has 1 aliphatic heterocycles. The van der Waals surface area contributed by atoms with Gasteiger partial charge in [0.25, 0.3) is 5.56 Å². The van der Waals surface area contributed by atoms with E-state index >= 15 is 0 Å². The standard InChI is InChI=1S/C21H27Cl2N5O5S/c1-14-4-5-15(12-18(14)34(32,33)27-8-3-7-26(2)9-10-27)25-20(30)17(6-11-29)28-21(31)19(23)16(22)13-24-28/h4-5,12-13,17,29H,3,6-11H2,1-2H3,(H,25,30)/t17-/m1/s1. The molecule has 0 bridgehead atoms. The SMILES string of the molecule is Cc1ccc(NC(=O)[C@@H](CCO)n2ncc(Cl)c(Cl)c2=O)cc1S(=O)(=O)N1CCCN(C)CC1. The molecule has 10 nitrogen and oxygen atoms in total. The van der Waals surface area contributed by atoms with Gasteiger partial charge in [-0.1, -0.05) is 29.3 Å². The number of likely N-dealkylation sites (N-methyl/N-ethyl adjacent to an activating group) is 1. The van der Waals surface area contributed by atoms with Gasteiger partial charge in [-0.2, -0.15) is 9.40 Å². The zero-order chi connectivity index (χ0) is 25.0. The van der Waals surface area contributed by atoms with Gasteiger partial charge in [0.2, 0.25) is 15.9 Å². The van der Waals surface area contributed by atoms with Crippen LogP contribution in [0.15, 0.2) is 34.1 Å². The maximum atomic E-state index is 13.4. The summed E-state index contributed by atoms with van der Waals surface area (Å²) < 4.78 is 29.0. The first-order valence-corrected chi connectivity index (χ1v) is 12.9. The molecule has 1 fully saturated rings. The number of nitrogens with zero attached hydrogens (tertiary/aromatic N) is 4. The first-order chi connectivity index (χ1) is 16.1. The third-order valence-corrected chi connectivity index (χ3v) is 8.44. The zero-order valence-corrected chi connectivity index (χ0v) is 21.2. The van der Waals surface area contributed by atoms with Gasteiger partial charge in [0, 0.05) is 38.3 Å². The van der Waals surface area contributed by atoms with Gasteiger partial charge >= 0.3 is 0 Å². The summed E-state index contributed by atoms with van der Waals surface area (Å²) in [5, 5.41) is 15.6. The third kappa shape index (κ3) is 5.78. The van der Waals surface area contributed by atoms with Crippen molar-refractivity contribution in [1.29, 1.82) is 0 Å². The fraction of sp³-hybridized carbons (Fsp3) is 0.476. The van der Waals surface area contributed by atoms with Crippen LogP contribution in [0.2, 0.25) is 10.0 Å². The molecule has 1 aliphatic rings. The lowest BCUT2D eigenvalue weighted by atomic mass is 10.1. The molecule has 0 radical (unpaired) electrons. The Morgan fingerprint density at radius 2 is 1.97 bits per heavy atom. The van der Waals surface area contributed by atoms with Crippen LogP contribution in [0.4, 0.5) is 5.69 Å². The van der Waals surface area contributed by atoms with E-state index in [9.17, 15) is 23.1 Å². The molecule has 1 saturated heterocycles. The second-order valence-electron chi connectivity index (χ2n) is 8.11. The Balaban J connectivity index is 1.89. The number of aryl methyl sites for hydroxylation is 1. The van der Waals surface area contributed by atoms with E-state index in [1.165, 1.54) is 10.4 Å².